The predicted molar refractivity (Wildman–Crippen MR) is 110 cm³/mol. The largest absolute Gasteiger partial charge is 0.352 e. The molecular formula is C23H33N3O2. The minimum atomic E-state index is -0.118. The summed E-state index contributed by atoms with van der Waals surface area (Å²) in [5, 5.41) is 3.08. The van der Waals surface area contributed by atoms with E-state index in [1.807, 2.05) is 24.0 Å². The molecule has 4 rings (SSSR count). The highest BCUT2D eigenvalue weighted by molar-refractivity contribution is 5.94. The van der Waals surface area contributed by atoms with E-state index < -0.39 is 0 Å². The SMILES string of the molecule is CC(C(=O)NC1CC1)N1CCN(C(=O)c2ccc(C3CCCCC3)cc2)CC1. The van der Waals surface area contributed by atoms with Gasteiger partial charge in [0.05, 0.1) is 6.04 Å². The lowest BCUT2D eigenvalue weighted by Crippen LogP contribution is -2.55. The molecule has 1 heterocycles. The second kappa shape index (κ2) is 8.64. The highest BCUT2D eigenvalue weighted by Crippen LogP contribution is 2.32. The van der Waals surface area contributed by atoms with Crippen LogP contribution >= 0.6 is 0 Å². The maximum absolute atomic E-state index is 12.9. The Labute approximate surface area is 168 Å². The number of carbonyl (C=O) groups excluding carboxylic acids is 2. The Morgan fingerprint density at radius 2 is 1.57 bits per heavy atom. The lowest BCUT2D eigenvalue weighted by Gasteiger charge is -2.37. The Hall–Kier alpha value is -1.88. The van der Waals surface area contributed by atoms with Crippen LogP contribution in [0.25, 0.3) is 0 Å². The van der Waals surface area contributed by atoms with E-state index in [1.54, 1.807) is 0 Å². The molecule has 5 heteroatoms. The van der Waals surface area contributed by atoms with Gasteiger partial charge in [-0.25, -0.2) is 0 Å². The molecule has 0 spiro atoms. The third-order valence-electron chi connectivity index (χ3n) is 6.69. The van der Waals surface area contributed by atoms with Gasteiger partial charge < -0.3 is 10.2 Å². The average molecular weight is 384 g/mol. The van der Waals surface area contributed by atoms with Crippen molar-refractivity contribution in [1.29, 1.82) is 0 Å². The van der Waals surface area contributed by atoms with Crippen LogP contribution in [0.5, 0.6) is 0 Å². The fraction of sp³-hybridized carbons (Fsp3) is 0.652. The molecular weight excluding hydrogens is 350 g/mol. The molecule has 3 aliphatic rings. The molecule has 28 heavy (non-hydrogen) atoms. The zero-order valence-corrected chi connectivity index (χ0v) is 17.0. The van der Waals surface area contributed by atoms with E-state index in [9.17, 15) is 9.59 Å². The number of hydrogen-bond donors (Lipinski definition) is 1. The molecule has 152 valence electrons. The Balaban J connectivity index is 1.29. The van der Waals surface area contributed by atoms with Crippen molar-refractivity contribution in [2.24, 2.45) is 0 Å². The maximum atomic E-state index is 12.9. The molecule has 0 bridgehead atoms. The first kappa shape index (κ1) is 19.4. The third-order valence-corrected chi connectivity index (χ3v) is 6.69. The number of benzene rings is 1. The molecule has 0 radical (unpaired) electrons. The van der Waals surface area contributed by atoms with Gasteiger partial charge in [-0.3, -0.25) is 14.5 Å². The first-order chi connectivity index (χ1) is 13.6. The Morgan fingerprint density at radius 3 is 2.18 bits per heavy atom. The Kier molecular flexibility index (Phi) is 6.00. The van der Waals surface area contributed by atoms with Gasteiger partial charge in [-0.15, -0.1) is 0 Å². The van der Waals surface area contributed by atoms with Crippen molar-refractivity contribution < 1.29 is 9.59 Å². The molecule has 1 aromatic rings. The zero-order valence-electron chi connectivity index (χ0n) is 17.0. The predicted octanol–water partition coefficient (Wildman–Crippen LogP) is 3.16. The minimum absolute atomic E-state index is 0.116. The Bertz CT molecular complexity index is 684. The van der Waals surface area contributed by atoms with Gasteiger partial charge in [0.2, 0.25) is 5.91 Å². The van der Waals surface area contributed by atoms with Gasteiger partial charge >= 0.3 is 0 Å². The molecule has 5 nitrogen and oxygen atoms in total. The minimum Gasteiger partial charge on any atom is -0.352 e. The molecule has 1 N–H and O–H groups in total. The van der Waals surface area contributed by atoms with Gasteiger partial charge in [0.1, 0.15) is 0 Å². The molecule has 0 aromatic heterocycles. The van der Waals surface area contributed by atoms with Crippen LogP contribution < -0.4 is 5.32 Å². The maximum Gasteiger partial charge on any atom is 0.253 e. The number of carbonyl (C=O) groups is 2. The van der Waals surface area contributed by atoms with Crippen LogP contribution in [0.15, 0.2) is 24.3 Å². The molecule has 1 aliphatic heterocycles. The first-order valence-electron chi connectivity index (χ1n) is 11.1. The van der Waals surface area contributed by atoms with E-state index in [-0.39, 0.29) is 17.9 Å². The molecule has 2 aliphatic carbocycles. The van der Waals surface area contributed by atoms with E-state index >= 15 is 0 Å². The monoisotopic (exact) mass is 383 g/mol. The Morgan fingerprint density at radius 1 is 0.929 bits per heavy atom. The summed E-state index contributed by atoms with van der Waals surface area (Å²) in [5.41, 5.74) is 2.17. The van der Waals surface area contributed by atoms with E-state index in [0.29, 0.717) is 25.0 Å². The fourth-order valence-electron chi connectivity index (χ4n) is 4.54. The van der Waals surface area contributed by atoms with Crippen molar-refractivity contribution >= 4 is 11.8 Å². The smallest absolute Gasteiger partial charge is 0.253 e. The second-order valence-corrected chi connectivity index (χ2v) is 8.74. The lowest BCUT2D eigenvalue weighted by atomic mass is 9.84. The number of piperazine rings is 1. The second-order valence-electron chi connectivity index (χ2n) is 8.74. The van der Waals surface area contributed by atoms with E-state index in [0.717, 1.165) is 31.5 Å². The van der Waals surface area contributed by atoms with Crippen LogP contribution in [-0.4, -0.2) is 59.9 Å². The fourth-order valence-corrected chi connectivity index (χ4v) is 4.54. The van der Waals surface area contributed by atoms with Crippen LogP contribution in [0, 0.1) is 0 Å². The summed E-state index contributed by atoms with van der Waals surface area (Å²) in [4.78, 5) is 29.3. The van der Waals surface area contributed by atoms with Gasteiger partial charge in [-0.1, -0.05) is 31.4 Å². The van der Waals surface area contributed by atoms with Gasteiger partial charge in [0, 0.05) is 37.8 Å². The lowest BCUT2D eigenvalue weighted by molar-refractivity contribution is -0.126. The number of rotatable bonds is 5. The van der Waals surface area contributed by atoms with Gasteiger partial charge in [0.15, 0.2) is 0 Å². The van der Waals surface area contributed by atoms with Crippen LogP contribution in [0.1, 0.15) is 73.7 Å². The molecule has 1 atom stereocenters. The average Bonchev–Trinajstić information content (AvgIpc) is 3.57. The topological polar surface area (TPSA) is 52.7 Å². The molecule has 2 amide bonds. The quantitative estimate of drug-likeness (QED) is 0.850. The van der Waals surface area contributed by atoms with Crippen LogP contribution in [0.4, 0.5) is 0 Å². The summed E-state index contributed by atoms with van der Waals surface area (Å²) >= 11 is 0. The van der Waals surface area contributed by atoms with Crippen molar-refractivity contribution in [2.75, 3.05) is 26.2 Å². The molecule has 1 unspecified atom stereocenters. The van der Waals surface area contributed by atoms with E-state index in [2.05, 4.69) is 22.3 Å². The molecule has 2 saturated carbocycles. The van der Waals surface area contributed by atoms with E-state index in [4.69, 9.17) is 0 Å². The van der Waals surface area contributed by atoms with Crippen LogP contribution in [-0.2, 0) is 4.79 Å². The number of nitrogens with one attached hydrogen (secondary N) is 1. The van der Waals surface area contributed by atoms with Crippen molar-refractivity contribution in [2.45, 2.75) is 69.9 Å². The van der Waals surface area contributed by atoms with Crippen molar-refractivity contribution in [3.63, 3.8) is 0 Å². The summed E-state index contributed by atoms with van der Waals surface area (Å²) in [6.07, 6.45) is 8.80. The number of amides is 2. The number of nitrogens with zero attached hydrogens (tertiary/aromatic N) is 2. The van der Waals surface area contributed by atoms with Crippen LogP contribution in [0.2, 0.25) is 0 Å². The van der Waals surface area contributed by atoms with E-state index in [1.165, 1.54) is 37.7 Å². The van der Waals surface area contributed by atoms with Gasteiger partial charge in [0.25, 0.3) is 5.91 Å². The zero-order chi connectivity index (χ0) is 19.5. The summed E-state index contributed by atoms with van der Waals surface area (Å²) in [6.45, 7) is 4.85. The summed E-state index contributed by atoms with van der Waals surface area (Å²) in [5.74, 6) is 0.912. The summed E-state index contributed by atoms with van der Waals surface area (Å²) < 4.78 is 0. The summed E-state index contributed by atoms with van der Waals surface area (Å²) in [6, 6.07) is 8.60. The van der Waals surface area contributed by atoms with Crippen molar-refractivity contribution in [1.82, 2.24) is 15.1 Å². The van der Waals surface area contributed by atoms with Crippen molar-refractivity contribution in [3.05, 3.63) is 35.4 Å². The summed E-state index contributed by atoms with van der Waals surface area (Å²) in [7, 11) is 0. The molecule has 3 fully saturated rings. The van der Waals surface area contributed by atoms with Crippen LogP contribution in [0.3, 0.4) is 0 Å². The highest BCUT2D eigenvalue weighted by Gasteiger charge is 2.31. The molecule has 1 aromatic carbocycles. The normalized spacial score (nSPS) is 22.7. The highest BCUT2D eigenvalue weighted by atomic mass is 16.2. The van der Waals surface area contributed by atoms with Crippen molar-refractivity contribution in [3.8, 4) is 0 Å². The van der Waals surface area contributed by atoms with Gasteiger partial charge in [-0.2, -0.15) is 0 Å². The van der Waals surface area contributed by atoms with Gasteiger partial charge in [-0.05, 0) is 56.2 Å². The standard InChI is InChI=1S/C23H33N3O2/c1-17(22(27)24-21-11-12-21)25-13-15-26(16-14-25)23(28)20-9-7-19(8-10-20)18-5-3-2-4-6-18/h7-10,17-18,21H,2-6,11-16H2,1H3,(H,24,27). The first-order valence-corrected chi connectivity index (χ1v) is 11.1. The number of hydrogen-bond acceptors (Lipinski definition) is 3. The molecule has 1 saturated heterocycles. The third kappa shape index (κ3) is 4.57.